The smallest absolute Gasteiger partial charge is 0.0270 e. The minimum Gasteiger partial charge on any atom is -0.329 e. The topological polar surface area (TPSA) is 42.1 Å². The zero-order valence-corrected chi connectivity index (χ0v) is 9.69. The Hall–Kier alpha value is -0.930. The van der Waals surface area contributed by atoms with Crippen LogP contribution < -0.4 is 5.73 Å². The summed E-state index contributed by atoms with van der Waals surface area (Å²) in [4.78, 5) is 6.41. The molecule has 0 aliphatic rings. The Balaban J connectivity index is 2.40. The molecule has 84 valence electrons. The maximum absolute atomic E-state index is 5.58. The Morgan fingerprint density at radius 2 is 1.93 bits per heavy atom. The van der Waals surface area contributed by atoms with Crippen LogP contribution in [0, 0.1) is 0 Å². The van der Waals surface area contributed by atoms with Gasteiger partial charge in [-0.1, -0.05) is 0 Å². The summed E-state index contributed by atoms with van der Waals surface area (Å²) in [7, 11) is 0. The van der Waals surface area contributed by atoms with Gasteiger partial charge in [0.25, 0.3) is 0 Å². The average Bonchev–Trinajstić information content (AvgIpc) is 2.25. The molecule has 0 fully saturated rings. The Morgan fingerprint density at radius 3 is 2.47 bits per heavy atom. The van der Waals surface area contributed by atoms with Crippen molar-refractivity contribution in [1.82, 2.24) is 9.88 Å². The highest BCUT2D eigenvalue weighted by atomic mass is 15.1. The molecule has 0 aromatic carbocycles. The van der Waals surface area contributed by atoms with Gasteiger partial charge in [-0.3, -0.25) is 9.88 Å². The monoisotopic (exact) mass is 207 g/mol. The molecule has 1 heterocycles. The third kappa shape index (κ3) is 4.40. The van der Waals surface area contributed by atoms with Crippen LogP contribution in [-0.2, 0) is 6.42 Å². The van der Waals surface area contributed by atoms with Gasteiger partial charge < -0.3 is 5.73 Å². The van der Waals surface area contributed by atoms with E-state index in [2.05, 4.69) is 35.9 Å². The zero-order valence-electron chi connectivity index (χ0n) is 9.69. The van der Waals surface area contributed by atoms with Gasteiger partial charge in [0.05, 0.1) is 0 Å². The van der Waals surface area contributed by atoms with E-state index in [0.29, 0.717) is 6.04 Å². The van der Waals surface area contributed by atoms with Crippen LogP contribution in [0.2, 0.25) is 0 Å². The van der Waals surface area contributed by atoms with Crippen LogP contribution in [0.15, 0.2) is 24.5 Å². The van der Waals surface area contributed by atoms with E-state index in [1.165, 1.54) is 5.56 Å². The summed E-state index contributed by atoms with van der Waals surface area (Å²) >= 11 is 0. The van der Waals surface area contributed by atoms with Crippen molar-refractivity contribution in [3.05, 3.63) is 30.1 Å². The van der Waals surface area contributed by atoms with Crippen LogP contribution in [0.5, 0.6) is 0 Å². The normalized spacial score (nSPS) is 11.3. The first kappa shape index (κ1) is 12.1. The summed E-state index contributed by atoms with van der Waals surface area (Å²) in [6.45, 7) is 7.20. The highest BCUT2D eigenvalue weighted by Crippen LogP contribution is 2.02. The summed E-state index contributed by atoms with van der Waals surface area (Å²) in [6.07, 6.45) is 4.76. The van der Waals surface area contributed by atoms with Gasteiger partial charge in [-0.2, -0.15) is 0 Å². The van der Waals surface area contributed by atoms with E-state index in [1.807, 2.05) is 12.4 Å². The number of nitrogens with two attached hydrogens (primary N) is 1. The highest BCUT2D eigenvalue weighted by Gasteiger charge is 2.07. The lowest BCUT2D eigenvalue weighted by atomic mass is 10.2. The van der Waals surface area contributed by atoms with Gasteiger partial charge in [0.15, 0.2) is 0 Å². The molecule has 0 bridgehead atoms. The summed E-state index contributed by atoms with van der Waals surface area (Å²) in [5.41, 5.74) is 6.92. The molecule has 0 aliphatic carbocycles. The third-order valence-corrected chi connectivity index (χ3v) is 2.58. The Bertz CT molecular complexity index is 259. The average molecular weight is 207 g/mol. The largest absolute Gasteiger partial charge is 0.329 e. The lowest BCUT2D eigenvalue weighted by Crippen LogP contribution is -2.36. The fraction of sp³-hybridized carbons (Fsp3) is 0.583. The number of hydrogen-bond donors (Lipinski definition) is 1. The van der Waals surface area contributed by atoms with Crippen molar-refractivity contribution in [1.29, 1.82) is 0 Å². The maximum Gasteiger partial charge on any atom is 0.0270 e. The first-order valence-electron chi connectivity index (χ1n) is 5.57. The van der Waals surface area contributed by atoms with E-state index >= 15 is 0 Å². The maximum atomic E-state index is 5.58. The van der Waals surface area contributed by atoms with E-state index in [0.717, 1.165) is 26.1 Å². The molecule has 0 amide bonds. The summed E-state index contributed by atoms with van der Waals surface area (Å²) in [5.74, 6) is 0. The van der Waals surface area contributed by atoms with Gasteiger partial charge >= 0.3 is 0 Å². The number of nitrogens with zero attached hydrogens (tertiary/aromatic N) is 2. The van der Waals surface area contributed by atoms with E-state index in [1.54, 1.807) is 0 Å². The molecule has 0 atom stereocenters. The van der Waals surface area contributed by atoms with E-state index < -0.39 is 0 Å². The molecule has 0 radical (unpaired) electrons. The second-order valence-electron chi connectivity index (χ2n) is 4.02. The van der Waals surface area contributed by atoms with Crippen LogP contribution in [0.25, 0.3) is 0 Å². The molecule has 0 unspecified atom stereocenters. The van der Waals surface area contributed by atoms with E-state index in [9.17, 15) is 0 Å². The quantitative estimate of drug-likeness (QED) is 0.764. The van der Waals surface area contributed by atoms with Crippen LogP contribution in [0.4, 0.5) is 0 Å². The summed E-state index contributed by atoms with van der Waals surface area (Å²) in [6, 6.07) is 4.71. The number of aromatic nitrogens is 1. The first-order chi connectivity index (χ1) is 7.24. The summed E-state index contributed by atoms with van der Waals surface area (Å²) < 4.78 is 0. The zero-order chi connectivity index (χ0) is 11.1. The van der Waals surface area contributed by atoms with Crippen molar-refractivity contribution in [2.24, 2.45) is 5.73 Å². The second kappa shape index (κ2) is 6.53. The molecule has 1 rings (SSSR count). The molecule has 2 N–H and O–H groups in total. The molecule has 3 nitrogen and oxygen atoms in total. The number of pyridine rings is 1. The molecule has 1 aromatic heterocycles. The molecule has 0 aliphatic heterocycles. The minimum absolute atomic E-state index is 0.565. The van der Waals surface area contributed by atoms with E-state index in [-0.39, 0.29) is 0 Å². The fourth-order valence-corrected chi connectivity index (χ4v) is 1.62. The van der Waals surface area contributed by atoms with Crippen molar-refractivity contribution in [2.75, 3.05) is 19.6 Å². The molecule has 0 spiro atoms. The fourth-order valence-electron chi connectivity index (χ4n) is 1.62. The van der Waals surface area contributed by atoms with Crippen molar-refractivity contribution >= 4 is 0 Å². The minimum atomic E-state index is 0.565. The first-order valence-corrected chi connectivity index (χ1v) is 5.57. The van der Waals surface area contributed by atoms with Gasteiger partial charge in [0.2, 0.25) is 0 Å². The van der Waals surface area contributed by atoms with Gasteiger partial charge in [-0.15, -0.1) is 0 Å². The molecular weight excluding hydrogens is 186 g/mol. The van der Waals surface area contributed by atoms with Gasteiger partial charge in [-0.25, -0.2) is 0 Å². The predicted octanol–water partition coefficient (Wildman–Crippen LogP) is 1.29. The molecule has 3 heteroatoms. The van der Waals surface area contributed by atoms with Crippen molar-refractivity contribution in [3.63, 3.8) is 0 Å². The lowest BCUT2D eigenvalue weighted by Gasteiger charge is -2.25. The Kier molecular flexibility index (Phi) is 5.29. The van der Waals surface area contributed by atoms with Crippen LogP contribution >= 0.6 is 0 Å². The van der Waals surface area contributed by atoms with Crippen molar-refractivity contribution in [2.45, 2.75) is 26.3 Å². The molecule has 15 heavy (non-hydrogen) atoms. The van der Waals surface area contributed by atoms with Crippen molar-refractivity contribution in [3.8, 4) is 0 Å². The Labute approximate surface area is 92.3 Å². The van der Waals surface area contributed by atoms with Gasteiger partial charge in [-0.05, 0) is 38.0 Å². The van der Waals surface area contributed by atoms with Crippen LogP contribution in [0.1, 0.15) is 19.4 Å². The standard InChI is InChI=1S/C12H21N3/c1-11(2)15(10-6-13)9-5-12-3-7-14-8-4-12/h3-4,7-8,11H,5-6,9-10,13H2,1-2H3. The molecular formula is C12H21N3. The van der Waals surface area contributed by atoms with Crippen molar-refractivity contribution < 1.29 is 0 Å². The molecule has 1 aromatic rings. The van der Waals surface area contributed by atoms with Gasteiger partial charge in [0.1, 0.15) is 0 Å². The van der Waals surface area contributed by atoms with E-state index in [4.69, 9.17) is 5.73 Å². The highest BCUT2D eigenvalue weighted by molar-refractivity contribution is 5.09. The number of hydrogen-bond acceptors (Lipinski definition) is 3. The van der Waals surface area contributed by atoms with Crippen LogP contribution in [0.3, 0.4) is 0 Å². The molecule has 0 saturated heterocycles. The lowest BCUT2D eigenvalue weighted by molar-refractivity contribution is 0.231. The SMILES string of the molecule is CC(C)N(CCN)CCc1ccncc1. The predicted molar refractivity (Wildman–Crippen MR) is 63.7 cm³/mol. The van der Waals surface area contributed by atoms with Crippen LogP contribution in [-0.4, -0.2) is 35.6 Å². The third-order valence-electron chi connectivity index (χ3n) is 2.58. The summed E-state index contributed by atoms with van der Waals surface area (Å²) in [5, 5.41) is 0. The van der Waals surface area contributed by atoms with Gasteiger partial charge in [0, 0.05) is 38.1 Å². The molecule has 0 saturated carbocycles. The number of rotatable bonds is 6. The second-order valence-corrected chi connectivity index (χ2v) is 4.02. The Morgan fingerprint density at radius 1 is 1.27 bits per heavy atom.